The molecule has 102 valence electrons. The smallest absolute Gasteiger partial charge is 0.0739 e. The van der Waals surface area contributed by atoms with E-state index in [0.29, 0.717) is 6.04 Å². The first-order valence-electron chi connectivity index (χ1n) is 6.83. The van der Waals surface area contributed by atoms with Gasteiger partial charge < -0.3 is 5.32 Å². The summed E-state index contributed by atoms with van der Waals surface area (Å²) in [4.78, 5) is 2.55. The van der Waals surface area contributed by atoms with Crippen LogP contribution in [-0.4, -0.2) is 40.4 Å². The Labute approximate surface area is 118 Å². The second kappa shape index (κ2) is 6.17. The minimum Gasteiger partial charge on any atom is -0.315 e. The van der Waals surface area contributed by atoms with E-state index in [0.717, 1.165) is 38.4 Å². The van der Waals surface area contributed by atoms with E-state index in [1.807, 2.05) is 0 Å². The van der Waals surface area contributed by atoms with Gasteiger partial charge in [0.05, 0.1) is 15.9 Å². The number of halogens is 1. The predicted octanol–water partition coefficient (Wildman–Crippen LogP) is 2.16. The van der Waals surface area contributed by atoms with Gasteiger partial charge in [-0.2, -0.15) is 5.10 Å². The molecule has 0 aliphatic carbocycles. The van der Waals surface area contributed by atoms with E-state index in [-0.39, 0.29) is 0 Å². The summed E-state index contributed by atoms with van der Waals surface area (Å²) in [6.45, 7) is 11.7. The third-order valence-corrected chi connectivity index (χ3v) is 4.79. The van der Waals surface area contributed by atoms with Crippen molar-refractivity contribution >= 4 is 15.9 Å². The van der Waals surface area contributed by atoms with Crippen LogP contribution in [-0.2, 0) is 13.1 Å². The van der Waals surface area contributed by atoms with Crippen LogP contribution in [0.3, 0.4) is 0 Å². The second-order valence-corrected chi connectivity index (χ2v) is 5.66. The first-order valence-corrected chi connectivity index (χ1v) is 7.63. The monoisotopic (exact) mass is 314 g/mol. The Kier molecular flexibility index (Phi) is 4.81. The maximum absolute atomic E-state index is 4.57. The number of nitrogens with zero attached hydrogens (tertiary/aromatic N) is 3. The first-order chi connectivity index (χ1) is 8.67. The molecule has 1 atom stereocenters. The molecule has 1 aromatic rings. The maximum Gasteiger partial charge on any atom is 0.0739 e. The van der Waals surface area contributed by atoms with E-state index < -0.39 is 0 Å². The Bertz CT molecular complexity index is 396. The summed E-state index contributed by atoms with van der Waals surface area (Å²) in [5.74, 6) is 0. The average Bonchev–Trinajstić information content (AvgIpc) is 2.98. The van der Waals surface area contributed by atoms with E-state index in [1.54, 1.807) is 0 Å². The molecule has 1 aliphatic rings. The number of aryl methyl sites for hydroxylation is 2. The molecule has 0 aromatic carbocycles. The number of likely N-dealkylation sites (N-methyl/N-ethyl adjacent to an activating group) is 1. The van der Waals surface area contributed by atoms with Crippen LogP contribution in [0.15, 0.2) is 4.47 Å². The molecular weight excluding hydrogens is 292 g/mol. The summed E-state index contributed by atoms with van der Waals surface area (Å²) in [6, 6.07) is 0.669. The molecule has 1 aliphatic heterocycles. The van der Waals surface area contributed by atoms with Crippen molar-refractivity contribution in [2.75, 3.05) is 19.6 Å². The highest BCUT2D eigenvalue weighted by molar-refractivity contribution is 9.10. The third kappa shape index (κ3) is 2.78. The van der Waals surface area contributed by atoms with Crippen LogP contribution >= 0.6 is 15.9 Å². The second-order valence-electron chi connectivity index (χ2n) is 4.87. The molecule has 1 fully saturated rings. The molecule has 1 N–H and O–H groups in total. The van der Waals surface area contributed by atoms with Crippen LogP contribution in [0.4, 0.5) is 0 Å². The van der Waals surface area contributed by atoms with Gasteiger partial charge in [0, 0.05) is 25.7 Å². The van der Waals surface area contributed by atoms with Crippen LogP contribution < -0.4 is 5.32 Å². The molecule has 18 heavy (non-hydrogen) atoms. The van der Waals surface area contributed by atoms with Gasteiger partial charge in [-0.1, -0.05) is 6.92 Å². The summed E-state index contributed by atoms with van der Waals surface area (Å²) >= 11 is 3.68. The molecular formula is C13H23BrN4. The number of aromatic nitrogens is 2. The van der Waals surface area contributed by atoms with Gasteiger partial charge in [-0.25, -0.2) is 0 Å². The van der Waals surface area contributed by atoms with Gasteiger partial charge in [0.15, 0.2) is 0 Å². The van der Waals surface area contributed by atoms with Crippen molar-refractivity contribution in [1.82, 2.24) is 20.0 Å². The van der Waals surface area contributed by atoms with Crippen molar-refractivity contribution in [3.63, 3.8) is 0 Å². The van der Waals surface area contributed by atoms with Crippen molar-refractivity contribution in [2.45, 2.75) is 46.3 Å². The highest BCUT2D eigenvalue weighted by Crippen LogP contribution is 2.24. The van der Waals surface area contributed by atoms with E-state index >= 15 is 0 Å². The van der Waals surface area contributed by atoms with Crippen LogP contribution in [0.1, 0.15) is 31.7 Å². The van der Waals surface area contributed by atoms with E-state index in [2.05, 4.69) is 56.7 Å². The standard InChI is InChI=1S/C13H23BrN4/c1-4-17(11-6-7-15-8-11)9-12-13(14)10(3)16-18(12)5-2/h11,15H,4-9H2,1-3H3. The van der Waals surface area contributed by atoms with Gasteiger partial charge in [0.2, 0.25) is 0 Å². The van der Waals surface area contributed by atoms with Gasteiger partial charge in [-0.3, -0.25) is 9.58 Å². The molecule has 0 amide bonds. The Morgan fingerprint density at radius 2 is 2.28 bits per heavy atom. The quantitative estimate of drug-likeness (QED) is 0.904. The lowest BCUT2D eigenvalue weighted by Crippen LogP contribution is -2.36. The highest BCUT2D eigenvalue weighted by atomic mass is 79.9. The van der Waals surface area contributed by atoms with Gasteiger partial charge in [-0.15, -0.1) is 0 Å². The van der Waals surface area contributed by atoms with Gasteiger partial charge >= 0.3 is 0 Å². The van der Waals surface area contributed by atoms with Crippen LogP contribution in [0.25, 0.3) is 0 Å². The SMILES string of the molecule is CCN(Cc1c(Br)c(C)nn1CC)C1CCNC1. The predicted molar refractivity (Wildman–Crippen MR) is 77.7 cm³/mol. The summed E-state index contributed by atoms with van der Waals surface area (Å²) in [7, 11) is 0. The lowest BCUT2D eigenvalue weighted by Gasteiger charge is -2.27. The lowest BCUT2D eigenvalue weighted by molar-refractivity contribution is 0.204. The van der Waals surface area contributed by atoms with Crippen LogP contribution in [0.2, 0.25) is 0 Å². The molecule has 0 spiro atoms. The fourth-order valence-electron chi connectivity index (χ4n) is 2.66. The summed E-state index contributed by atoms with van der Waals surface area (Å²) in [5.41, 5.74) is 2.40. The van der Waals surface area contributed by atoms with Crippen molar-refractivity contribution in [3.8, 4) is 0 Å². The molecule has 1 saturated heterocycles. The number of rotatable bonds is 5. The number of nitrogens with one attached hydrogen (secondary N) is 1. The normalized spacial score (nSPS) is 19.9. The third-order valence-electron chi connectivity index (χ3n) is 3.76. The van der Waals surface area contributed by atoms with Gasteiger partial charge in [-0.05, 0) is 49.3 Å². The molecule has 0 saturated carbocycles. The van der Waals surface area contributed by atoms with E-state index in [4.69, 9.17) is 0 Å². The molecule has 0 bridgehead atoms. The maximum atomic E-state index is 4.57. The summed E-state index contributed by atoms with van der Waals surface area (Å²) in [6.07, 6.45) is 1.25. The van der Waals surface area contributed by atoms with E-state index in [9.17, 15) is 0 Å². The Morgan fingerprint density at radius 1 is 1.50 bits per heavy atom. The van der Waals surface area contributed by atoms with Gasteiger partial charge in [0.1, 0.15) is 0 Å². The fraction of sp³-hybridized carbons (Fsp3) is 0.769. The minimum absolute atomic E-state index is 0.669. The Balaban J connectivity index is 2.15. The molecule has 2 heterocycles. The Morgan fingerprint density at radius 3 is 2.83 bits per heavy atom. The first kappa shape index (κ1) is 14.0. The highest BCUT2D eigenvalue weighted by Gasteiger charge is 2.23. The zero-order valence-corrected chi connectivity index (χ0v) is 13.1. The summed E-state index contributed by atoms with van der Waals surface area (Å²) < 4.78 is 3.29. The largest absolute Gasteiger partial charge is 0.315 e. The minimum atomic E-state index is 0.669. The lowest BCUT2D eigenvalue weighted by atomic mass is 10.2. The van der Waals surface area contributed by atoms with Crippen molar-refractivity contribution in [2.24, 2.45) is 0 Å². The zero-order valence-electron chi connectivity index (χ0n) is 11.5. The van der Waals surface area contributed by atoms with Crippen molar-refractivity contribution < 1.29 is 0 Å². The molecule has 4 nitrogen and oxygen atoms in total. The van der Waals surface area contributed by atoms with Crippen LogP contribution in [0, 0.1) is 6.92 Å². The number of hydrogen-bond acceptors (Lipinski definition) is 3. The topological polar surface area (TPSA) is 33.1 Å². The molecule has 2 rings (SSSR count). The van der Waals surface area contributed by atoms with E-state index in [1.165, 1.54) is 16.6 Å². The molecule has 1 aromatic heterocycles. The fourth-order valence-corrected chi connectivity index (χ4v) is 3.07. The van der Waals surface area contributed by atoms with Crippen molar-refractivity contribution in [3.05, 3.63) is 15.9 Å². The zero-order chi connectivity index (χ0) is 13.1. The van der Waals surface area contributed by atoms with Crippen LogP contribution in [0.5, 0.6) is 0 Å². The molecule has 0 radical (unpaired) electrons. The van der Waals surface area contributed by atoms with Gasteiger partial charge in [0.25, 0.3) is 0 Å². The Hall–Kier alpha value is -0.390. The van der Waals surface area contributed by atoms with Crippen molar-refractivity contribution in [1.29, 1.82) is 0 Å². The molecule has 5 heteroatoms. The number of hydrogen-bond donors (Lipinski definition) is 1. The molecule has 1 unspecified atom stereocenters. The average molecular weight is 315 g/mol. The summed E-state index contributed by atoms with van der Waals surface area (Å²) in [5, 5.41) is 8.02.